The van der Waals surface area contributed by atoms with E-state index in [0.717, 1.165) is 0 Å². The maximum absolute atomic E-state index is 12.6. The maximum atomic E-state index is 12.6. The first kappa shape index (κ1) is 23.5. The van der Waals surface area contributed by atoms with Gasteiger partial charge in [0.15, 0.2) is 0 Å². The summed E-state index contributed by atoms with van der Waals surface area (Å²) in [5, 5.41) is 13.1. The summed E-state index contributed by atoms with van der Waals surface area (Å²) in [6.07, 6.45) is -2.49. The summed E-state index contributed by atoms with van der Waals surface area (Å²) in [6.45, 7) is 4.70. The summed E-state index contributed by atoms with van der Waals surface area (Å²) in [6, 6.07) is 13.8. The van der Waals surface area contributed by atoms with Gasteiger partial charge in [0.1, 0.15) is 18.3 Å². The molecule has 2 N–H and O–H groups in total. The van der Waals surface area contributed by atoms with Crippen molar-refractivity contribution in [2.45, 2.75) is 20.1 Å². The number of benzene rings is 2. The monoisotopic (exact) mass is 437 g/mol. The van der Waals surface area contributed by atoms with Crippen LogP contribution in [-0.4, -0.2) is 40.2 Å². The zero-order chi connectivity index (χ0) is 22.1. The number of hydrogen-bond acceptors (Lipinski definition) is 7. The molecule has 0 saturated heterocycles. The lowest BCUT2D eigenvalue weighted by molar-refractivity contribution is -0.384. The number of nitrogens with one attached hydrogen (secondary N) is 1. The molecular formula is C19H24N3O7P. The Kier molecular flexibility index (Phi) is 8.49. The topological polar surface area (TPSA) is 131 Å². The first-order valence-electron chi connectivity index (χ1n) is 9.25. The van der Waals surface area contributed by atoms with Crippen molar-refractivity contribution in [1.29, 1.82) is 0 Å². The SMILES string of the molecule is CCN(CC)C(OP(=O)(O)CNC(=O)Oc1ccccc1)c1ccc([N+](=O)[O-])cc1. The fraction of sp³-hybridized carbons (Fsp3) is 0.316. The van der Waals surface area contributed by atoms with Crippen LogP contribution in [0.4, 0.5) is 10.5 Å². The molecule has 0 bridgehead atoms. The van der Waals surface area contributed by atoms with Crippen LogP contribution >= 0.6 is 7.60 Å². The number of nitrogens with zero attached hydrogens (tertiary/aromatic N) is 2. The minimum Gasteiger partial charge on any atom is -0.410 e. The average Bonchev–Trinajstić information content (AvgIpc) is 2.73. The Balaban J connectivity index is 2.08. The van der Waals surface area contributed by atoms with Crippen molar-refractivity contribution in [1.82, 2.24) is 10.2 Å². The van der Waals surface area contributed by atoms with Gasteiger partial charge in [-0.3, -0.25) is 24.1 Å². The number of nitro benzene ring substituents is 1. The summed E-state index contributed by atoms with van der Waals surface area (Å²) >= 11 is 0. The molecule has 2 rings (SSSR count). The van der Waals surface area contributed by atoms with E-state index >= 15 is 0 Å². The minimum absolute atomic E-state index is 0.102. The molecule has 0 heterocycles. The van der Waals surface area contributed by atoms with Gasteiger partial charge in [-0.25, -0.2) is 4.79 Å². The van der Waals surface area contributed by atoms with Crippen molar-refractivity contribution < 1.29 is 28.4 Å². The molecular weight excluding hydrogens is 413 g/mol. The fourth-order valence-electron chi connectivity index (χ4n) is 2.64. The van der Waals surface area contributed by atoms with Crippen LogP contribution in [-0.2, 0) is 9.09 Å². The van der Waals surface area contributed by atoms with Crippen molar-refractivity contribution >= 4 is 19.4 Å². The van der Waals surface area contributed by atoms with Crippen LogP contribution in [0.3, 0.4) is 0 Å². The van der Waals surface area contributed by atoms with E-state index in [9.17, 15) is 24.4 Å². The molecule has 2 atom stereocenters. The highest BCUT2D eigenvalue weighted by atomic mass is 31.2. The van der Waals surface area contributed by atoms with Gasteiger partial charge in [0.05, 0.1) is 4.92 Å². The number of nitro groups is 1. The lowest BCUT2D eigenvalue weighted by atomic mass is 10.1. The second-order valence-electron chi connectivity index (χ2n) is 6.20. The van der Waals surface area contributed by atoms with Gasteiger partial charge in [-0.1, -0.05) is 32.0 Å². The second kappa shape index (κ2) is 10.8. The lowest BCUT2D eigenvalue weighted by Gasteiger charge is -2.31. The molecule has 0 saturated carbocycles. The Hall–Kier alpha value is -2.78. The first-order chi connectivity index (χ1) is 14.3. The second-order valence-corrected chi connectivity index (χ2v) is 8.00. The van der Waals surface area contributed by atoms with Crippen molar-refractivity contribution in [2.75, 3.05) is 19.4 Å². The largest absolute Gasteiger partial charge is 0.413 e. The summed E-state index contributed by atoms with van der Waals surface area (Å²) in [7, 11) is -4.27. The standard InChI is InChI=1S/C19H24N3O7P/c1-3-21(4-2)18(15-10-12-16(13-11-15)22(24)25)29-30(26,27)14-20-19(23)28-17-8-6-5-7-9-17/h5-13,18H,3-4,14H2,1-2H3,(H,20,23)(H,26,27). The number of carbonyl (C=O) groups excluding carboxylic acids is 1. The molecule has 162 valence electrons. The van der Waals surface area contributed by atoms with Gasteiger partial charge in [-0.15, -0.1) is 0 Å². The zero-order valence-electron chi connectivity index (χ0n) is 16.6. The number of carbonyl (C=O) groups is 1. The van der Waals surface area contributed by atoms with Crippen LogP contribution in [0.15, 0.2) is 54.6 Å². The van der Waals surface area contributed by atoms with E-state index in [0.29, 0.717) is 18.7 Å². The van der Waals surface area contributed by atoms with Gasteiger partial charge in [-0.05, 0) is 42.9 Å². The molecule has 11 heteroatoms. The maximum Gasteiger partial charge on any atom is 0.413 e. The molecule has 0 aliphatic carbocycles. The summed E-state index contributed by atoms with van der Waals surface area (Å²) < 4.78 is 23.1. The molecule has 1 amide bonds. The Labute approximate surface area is 174 Å². The molecule has 0 aliphatic heterocycles. The molecule has 10 nitrogen and oxygen atoms in total. The van der Waals surface area contributed by atoms with Crippen LogP contribution in [0.1, 0.15) is 25.6 Å². The third-order valence-corrected chi connectivity index (χ3v) is 5.26. The third kappa shape index (κ3) is 6.93. The smallest absolute Gasteiger partial charge is 0.410 e. The van der Waals surface area contributed by atoms with E-state index in [2.05, 4.69) is 5.32 Å². The van der Waals surface area contributed by atoms with Gasteiger partial charge < -0.3 is 14.9 Å². The number of rotatable bonds is 10. The number of amides is 1. The Morgan fingerprint density at radius 2 is 1.77 bits per heavy atom. The Morgan fingerprint density at radius 1 is 1.17 bits per heavy atom. The Bertz CT molecular complexity index is 889. The number of para-hydroxylation sites is 1. The molecule has 0 spiro atoms. The van der Waals surface area contributed by atoms with E-state index in [1.54, 1.807) is 35.2 Å². The molecule has 0 aromatic heterocycles. The minimum atomic E-state index is -4.27. The molecule has 30 heavy (non-hydrogen) atoms. The van der Waals surface area contributed by atoms with Crippen LogP contribution in [0.25, 0.3) is 0 Å². The van der Waals surface area contributed by atoms with E-state index in [-0.39, 0.29) is 11.4 Å². The van der Waals surface area contributed by atoms with Gasteiger partial charge >= 0.3 is 13.7 Å². The van der Waals surface area contributed by atoms with Crippen LogP contribution in [0.2, 0.25) is 0 Å². The summed E-state index contributed by atoms with van der Waals surface area (Å²) in [5.74, 6) is 0.288. The van der Waals surface area contributed by atoms with E-state index in [1.807, 2.05) is 13.8 Å². The first-order valence-corrected chi connectivity index (χ1v) is 11.0. The molecule has 0 aliphatic rings. The average molecular weight is 437 g/mol. The molecule has 2 aromatic rings. The van der Waals surface area contributed by atoms with Crippen molar-refractivity contribution in [3.8, 4) is 5.75 Å². The summed E-state index contributed by atoms with van der Waals surface area (Å²) in [4.78, 5) is 34.2. The van der Waals surface area contributed by atoms with E-state index < -0.39 is 31.1 Å². The van der Waals surface area contributed by atoms with E-state index in [4.69, 9.17) is 9.26 Å². The lowest BCUT2D eigenvalue weighted by Crippen LogP contribution is -2.32. The van der Waals surface area contributed by atoms with Gasteiger partial charge in [0, 0.05) is 12.1 Å². The van der Waals surface area contributed by atoms with Crippen molar-refractivity contribution in [3.05, 3.63) is 70.3 Å². The van der Waals surface area contributed by atoms with Gasteiger partial charge in [0.25, 0.3) is 5.69 Å². The fourth-order valence-corrected chi connectivity index (χ4v) is 3.61. The predicted molar refractivity (Wildman–Crippen MR) is 110 cm³/mol. The highest BCUT2D eigenvalue weighted by molar-refractivity contribution is 7.52. The van der Waals surface area contributed by atoms with Crippen LogP contribution in [0.5, 0.6) is 5.75 Å². The highest BCUT2D eigenvalue weighted by Gasteiger charge is 2.30. The number of hydrogen-bond donors (Lipinski definition) is 2. The van der Waals surface area contributed by atoms with Crippen LogP contribution in [0, 0.1) is 10.1 Å². The van der Waals surface area contributed by atoms with Gasteiger partial charge in [-0.2, -0.15) is 0 Å². The quantitative estimate of drug-likeness (QED) is 0.248. The molecule has 0 fully saturated rings. The third-order valence-electron chi connectivity index (χ3n) is 4.17. The Morgan fingerprint density at radius 3 is 2.30 bits per heavy atom. The predicted octanol–water partition coefficient (Wildman–Crippen LogP) is 3.88. The molecule has 2 unspecified atom stereocenters. The highest BCUT2D eigenvalue weighted by Crippen LogP contribution is 2.46. The molecule has 2 aromatic carbocycles. The number of non-ortho nitro benzene ring substituents is 1. The number of ether oxygens (including phenoxy) is 1. The normalized spacial score (nSPS) is 14.0. The zero-order valence-corrected chi connectivity index (χ0v) is 17.5. The van der Waals surface area contributed by atoms with Crippen molar-refractivity contribution in [3.63, 3.8) is 0 Å². The molecule has 0 radical (unpaired) electrons. The van der Waals surface area contributed by atoms with Gasteiger partial charge in [0.2, 0.25) is 0 Å². The van der Waals surface area contributed by atoms with Crippen LogP contribution < -0.4 is 10.1 Å². The van der Waals surface area contributed by atoms with Crippen molar-refractivity contribution in [2.24, 2.45) is 0 Å². The van der Waals surface area contributed by atoms with E-state index in [1.165, 1.54) is 24.3 Å². The summed E-state index contributed by atoms with van der Waals surface area (Å²) in [5.41, 5.74) is 0.375.